The van der Waals surface area contributed by atoms with Gasteiger partial charge in [-0.15, -0.1) is 11.6 Å². The average molecular weight is 308 g/mol. The molecule has 0 aliphatic heterocycles. The molecule has 3 rings (SSSR count). The van der Waals surface area contributed by atoms with Gasteiger partial charge >= 0.3 is 0 Å². The summed E-state index contributed by atoms with van der Waals surface area (Å²) in [6, 6.07) is 4.00. The molecule has 0 N–H and O–H groups in total. The SMILES string of the molecule is Cc1ccc2nc(C(C)Cl)n(CCCOCC3CC3)c2n1. The minimum Gasteiger partial charge on any atom is -0.381 e. The van der Waals surface area contributed by atoms with Crippen LogP contribution in [0.5, 0.6) is 0 Å². The Morgan fingerprint density at radius 2 is 2.19 bits per heavy atom. The van der Waals surface area contributed by atoms with Crippen LogP contribution in [0.4, 0.5) is 0 Å². The molecule has 1 aliphatic rings. The lowest BCUT2D eigenvalue weighted by Gasteiger charge is -2.10. The largest absolute Gasteiger partial charge is 0.381 e. The third-order valence-corrected chi connectivity index (χ3v) is 4.03. The fraction of sp³-hybridized carbons (Fsp3) is 0.625. The van der Waals surface area contributed by atoms with E-state index in [1.807, 2.05) is 26.0 Å². The number of pyridine rings is 1. The minimum absolute atomic E-state index is 0.119. The van der Waals surface area contributed by atoms with E-state index in [2.05, 4.69) is 14.5 Å². The summed E-state index contributed by atoms with van der Waals surface area (Å²) in [6.07, 6.45) is 3.64. The second kappa shape index (κ2) is 6.32. The normalized spacial score (nSPS) is 16.5. The summed E-state index contributed by atoms with van der Waals surface area (Å²) < 4.78 is 7.84. The summed E-state index contributed by atoms with van der Waals surface area (Å²) >= 11 is 6.27. The van der Waals surface area contributed by atoms with E-state index in [0.29, 0.717) is 0 Å². The predicted molar refractivity (Wildman–Crippen MR) is 84.7 cm³/mol. The molecule has 4 nitrogen and oxygen atoms in total. The van der Waals surface area contributed by atoms with Crippen molar-refractivity contribution >= 4 is 22.8 Å². The zero-order valence-corrected chi connectivity index (χ0v) is 13.4. The van der Waals surface area contributed by atoms with E-state index in [9.17, 15) is 0 Å². The van der Waals surface area contributed by atoms with Crippen molar-refractivity contribution in [1.82, 2.24) is 14.5 Å². The highest BCUT2D eigenvalue weighted by molar-refractivity contribution is 6.20. The molecule has 1 fully saturated rings. The Hall–Kier alpha value is -1.13. The van der Waals surface area contributed by atoms with Crippen molar-refractivity contribution in [2.45, 2.75) is 45.0 Å². The van der Waals surface area contributed by atoms with Gasteiger partial charge in [-0.05, 0) is 51.2 Å². The molecule has 2 aromatic heterocycles. The Bertz CT molecular complexity index is 619. The third-order valence-electron chi connectivity index (χ3n) is 3.84. The van der Waals surface area contributed by atoms with Crippen LogP contribution in [-0.2, 0) is 11.3 Å². The summed E-state index contributed by atoms with van der Waals surface area (Å²) in [5.74, 6) is 1.72. The fourth-order valence-corrected chi connectivity index (χ4v) is 2.66. The van der Waals surface area contributed by atoms with Crippen LogP contribution >= 0.6 is 11.6 Å². The van der Waals surface area contributed by atoms with E-state index in [-0.39, 0.29) is 5.38 Å². The standard InChI is InChI=1S/C16H22ClN3O/c1-11-4-7-14-16(18-11)20(15(19-14)12(2)17)8-3-9-21-10-13-5-6-13/h4,7,12-13H,3,5-6,8-10H2,1-2H3. The van der Waals surface area contributed by atoms with Crippen molar-refractivity contribution in [3.8, 4) is 0 Å². The number of hydrogen-bond acceptors (Lipinski definition) is 3. The second-order valence-corrected chi connectivity index (χ2v) is 6.56. The third kappa shape index (κ3) is 3.55. The highest BCUT2D eigenvalue weighted by Gasteiger charge is 2.21. The molecule has 21 heavy (non-hydrogen) atoms. The summed E-state index contributed by atoms with van der Waals surface area (Å²) in [4.78, 5) is 9.23. The quantitative estimate of drug-likeness (QED) is 0.576. The molecule has 0 spiro atoms. The Kier molecular flexibility index (Phi) is 4.45. The first kappa shape index (κ1) is 14.8. The zero-order valence-electron chi connectivity index (χ0n) is 12.7. The molecule has 114 valence electrons. The van der Waals surface area contributed by atoms with Gasteiger partial charge in [0.1, 0.15) is 11.3 Å². The number of nitrogens with zero attached hydrogens (tertiary/aromatic N) is 3. The summed E-state index contributed by atoms with van der Waals surface area (Å²) in [6.45, 7) is 6.51. The van der Waals surface area contributed by atoms with Crippen molar-refractivity contribution in [3.05, 3.63) is 23.7 Å². The lowest BCUT2D eigenvalue weighted by molar-refractivity contribution is 0.119. The number of aryl methyl sites for hydroxylation is 2. The van der Waals surface area contributed by atoms with Gasteiger partial charge in [0.05, 0.1) is 5.38 Å². The molecule has 0 radical (unpaired) electrons. The molecule has 2 aromatic rings. The van der Waals surface area contributed by atoms with E-state index >= 15 is 0 Å². The summed E-state index contributed by atoms with van der Waals surface area (Å²) in [5.41, 5.74) is 2.85. The molecule has 1 aliphatic carbocycles. The molecule has 0 saturated heterocycles. The number of halogens is 1. The number of aromatic nitrogens is 3. The highest BCUT2D eigenvalue weighted by Crippen LogP contribution is 2.29. The van der Waals surface area contributed by atoms with Gasteiger partial charge in [0, 0.05) is 25.5 Å². The summed E-state index contributed by atoms with van der Waals surface area (Å²) in [7, 11) is 0. The molecule has 1 saturated carbocycles. The zero-order chi connectivity index (χ0) is 14.8. The van der Waals surface area contributed by atoms with Gasteiger partial charge < -0.3 is 9.30 Å². The molecule has 1 unspecified atom stereocenters. The average Bonchev–Trinajstić information content (AvgIpc) is 3.20. The fourth-order valence-electron chi connectivity index (χ4n) is 2.50. The first-order valence-corrected chi connectivity index (χ1v) is 8.14. The number of rotatable bonds is 7. The molecular weight excluding hydrogens is 286 g/mol. The lowest BCUT2D eigenvalue weighted by atomic mass is 10.3. The van der Waals surface area contributed by atoms with Gasteiger partial charge in [-0.25, -0.2) is 9.97 Å². The Morgan fingerprint density at radius 3 is 2.90 bits per heavy atom. The maximum absolute atomic E-state index is 6.27. The molecule has 0 amide bonds. The van der Waals surface area contributed by atoms with Crippen LogP contribution < -0.4 is 0 Å². The molecule has 5 heteroatoms. The van der Waals surface area contributed by atoms with E-state index in [0.717, 1.165) is 54.8 Å². The van der Waals surface area contributed by atoms with E-state index in [4.69, 9.17) is 16.3 Å². The van der Waals surface area contributed by atoms with E-state index in [1.165, 1.54) is 12.8 Å². The van der Waals surface area contributed by atoms with E-state index < -0.39 is 0 Å². The van der Waals surface area contributed by atoms with Crippen LogP contribution in [0.15, 0.2) is 12.1 Å². The van der Waals surface area contributed by atoms with Crippen molar-refractivity contribution < 1.29 is 4.74 Å². The maximum Gasteiger partial charge on any atom is 0.160 e. The van der Waals surface area contributed by atoms with E-state index in [1.54, 1.807) is 0 Å². The van der Waals surface area contributed by atoms with Gasteiger partial charge in [-0.3, -0.25) is 0 Å². The van der Waals surface area contributed by atoms with Gasteiger partial charge in [0.2, 0.25) is 0 Å². The lowest BCUT2D eigenvalue weighted by Crippen LogP contribution is -2.08. The first-order chi connectivity index (χ1) is 10.1. The van der Waals surface area contributed by atoms with Gasteiger partial charge in [0.15, 0.2) is 5.65 Å². The van der Waals surface area contributed by atoms with Crippen molar-refractivity contribution in [1.29, 1.82) is 0 Å². The Labute approximate surface area is 130 Å². The van der Waals surface area contributed by atoms with Gasteiger partial charge in [0.25, 0.3) is 0 Å². The van der Waals surface area contributed by atoms with Crippen LogP contribution in [-0.4, -0.2) is 27.7 Å². The molecule has 1 atom stereocenters. The monoisotopic (exact) mass is 307 g/mol. The number of ether oxygens (including phenoxy) is 1. The highest BCUT2D eigenvalue weighted by atomic mass is 35.5. The van der Waals surface area contributed by atoms with Crippen LogP contribution in [0.25, 0.3) is 11.2 Å². The summed E-state index contributed by atoms with van der Waals surface area (Å²) in [5, 5.41) is -0.119. The van der Waals surface area contributed by atoms with Gasteiger partial charge in [-0.2, -0.15) is 0 Å². The Balaban J connectivity index is 1.71. The number of imidazole rings is 1. The molecule has 0 aromatic carbocycles. The first-order valence-electron chi connectivity index (χ1n) is 7.70. The number of alkyl halides is 1. The topological polar surface area (TPSA) is 39.9 Å². The van der Waals surface area contributed by atoms with Crippen LogP contribution in [0, 0.1) is 12.8 Å². The van der Waals surface area contributed by atoms with Crippen LogP contribution in [0.2, 0.25) is 0 Å². The number of hydrogen-bond donors (Lipinski definition) is 0. The minimum atomic E-state index is -0.119. The Morgan fingerprint density at radius 1 is 1.38 bits per heavy atom. The molecule has 2 heterocycles. The smallest absolute Gasteiger partial charge is 0.160 e. The van der Waals surface area contributed by atoms with Crippen molar-refractivity contribution in [2.24, 2.45) is 5.92 Å². The predicted octanol–water partition coefficient (Wildman–Crippen LogP) is 3.86. The van der Waals surface area contributed by atoms with Crippen LogP contribution in [0.3, 0.4) is 0 Å². The van der Waals surface area contributed by atoms with Crippen LogP contribution in [0.1, 0.15) is 43.1 Å². The molecule has 0 bridgehead atoms. The molecular formula is C16H22ClN3O. The second-order valence-electron chi connectivity index (χ2n) is 5.90. The van der Waals surface area contributed by atoms with Crippen molar-refractivity contribution in [3.63, 3.8) is 0 Å². The van der Waals surface area contributed by atoms with Gasteiger partial charge in [-0.1, -0.05) is 0 Å². The number of fused-ring (bicyclic) bond motifs is 1. The van der Waals surface area contributed by atoms with Crippen molar-refractivity contribution in [2.75, 3.05) is 13.2 Å². The maximum atomic E-state index is 6.27.